The first kappa shape index (κ1) is 16.6. The van der Waals surface area contributed by atoms with Gasteiger partial charge < -0.3 is 9.80 Å². The SMILES string of the molecule is CCN(CC)CCCN(CC)c1ccc(C=O)cc1F. The molecule has 0 fully saturated rings. The van der Waals surface area contributed by atoms with Crippen LogP contribution >= 0.6 is 0 Å². The molecule has 1 rings (SSSR count). The topological polar surface area (TPSA) is 23.6 Å². The first-order valence-corrected chi connectivity index (χ1v) is 7.38. The maximum Gasteiger partial charge on any atom is 0.150 e. The number of carbonyl (C=O) groups excluding carboxylic acids is 1. The Morgan fingerprint density at radius 1 is 1.10 bits per heavy atom. The Bertz CT molecular complexity index is 419. The fraction of sp³-hybridized carbons (Fsp3) is 0.562. The average molecular weight is 280 g/mol. The third-order valence-corrected chi connectivity index (χ3v) is 3.63. The zero-order chi connectivity index (χ0) is 15.0. The van der Waals surface area contributed by atoms with Gasteiger partial charge in [-0.3, -0.25) is 4.79 Å². The summed E-state index contributed by atoms with van der Waals surface area (Å²) in [5.74, 6) is -0.320. The second-order valence-electron chi connectivity index (χ2n) is 4.79. The molecule has 0 aliphatic carbocycles. The Kier molecular flexibility index (Phi) is 7.23. The second kappa shape index (κ2) is 8.69. The maximum atomic E-state index is 14.0. The third-order valence-electron chi connectivity index (χ3n) is 3.63. The molecule has 0 heterocycles. The molecule has 1 aromatic carbocycles. The summed E-state index contributed by atoms with van der Waals surface area (Å²) in [6, 6.07) is 4.66. The monoisotopic (exact) mass is 280 g/mol. The van der Waals surface area contributed by atoms with Crippen LogP contribution < -0.4 is 4.90 Å². The summed E-state index contributed by atoms with van der Waals surface area (Å²) in [4.78, 5) is 15.0. The zero-order valence-corrected chi connectivity index (χ0v) is 12.7. The van der Waals surface area contributed by atoms with Crippen molar-refractivity contribution in [1.82, 2.24) is 4.90 Å². The van der Waals surface area contributed by atoms with Crippen molar-refractivity contribution in [2.45, 2.75) is 27.2 Å². The number of benzene rings is 1. The molecule has 0 unspecified atom stereocenters. The highest BCUT2D eigenvalue weighted by atomic mass is 19.1. The summed E-state index contributed by atoms with van der Waals surface area (Å²) in [6.07, 6.45) is 1.67. The highest BCUT2D eigenvalue weighted by Crippen LogP contribution is 2.20. The molecule has 20 heavy (non-hydrogen) atoms. The molecule has 0 N–H and O–H groups in total. The molecular weight excluding hydrogens is 255 g/mol. The van der Waals surface area contributed by atoms with Gasteiger partial charge in [-0.15, -0.1) is 0 Å². The fourth-order valence-electron chi connectivity index (χ4n) is 2.33. The van der Waals surface area contributed by atoms with Gasteiger partial charge in [0, 0.05) is 18.7 Å². The van der Waals surface area contributed by atoms with Crippen molar-refractivity contribution in [2.75, 3.05) is 37.6 Å². The van der Waals surface area contributed by atoms with E-state index in [9.17, 15) is 9.18 Å². The van der Waals surface area contributed by atoms with Crippen LogP contribution in [0.2, 0.25) is 0 Å². The van der Waals surface area contributed by atoms with Gasteiger partial charge in [-0.1, -0.05) is 13.8 Å². The van der Waals surface area contributed by atoms with Crippen molar-refractivity contribution in [3.63, 3.8) is 0 Å². The lowest BCUT2D eigenvalue weighted by Crippen LogP contribution is -2.30. The van der Waals surface area contributed by atoms with E-state index in [0.717, 1.165) is 39.1 Å². The lowest BCUT2D eigenvalue weighted by Gasteiger charge is -2.25. The van der Waals surface area contributed by atoms with E-state index in [0.29, 0.717) is 17.5 Å². The molecule has 0 amide bonds. The average Bonchev–Trinajstić information content (AvgIpc) is 2.48. The normalized spacial score (nSPS) is 10.8. The summed E-state index contributed by atoms with van der Waals surface area (Å²) in [6.45, 7) is 11.0. The Balaban J connectivity index is 2.64. The Hall–Kier alpha value is -1.42. The molecule has 0 bridgehead atoms. The summed E-state index contributed by atoms with van der Waals surface area (Å²) in [7, 11) is 0. The van der Waals surface area contributed by atoms with E-state index in [4.69, 9.17) is 0 Å². The van der Waals surface area contributed by atoms with E-state index in [2.05, 4.69) is 18.7 Å². The van der Waals surface area contributed by atoms with Gasteiger partial charge in [-0.25, -0.2) is 4.39 Å². The molecule has 0 aromatic heterocycles. The van der Waals surface area contributed by atoms with Crippen LogP contribution in [-0.2, 0) is 0 Å². The van der Waals surface area contributed by atoms with E-state index in [-0.39, 0.29) is 5.82 Å². The molecule has 0 aliphatic rings. The minimum Gasteiger partial charge on any atom is -0.369 e. The smallest absolute Gasteiger partial charge is 0.150 e. The van der Waals surface area contributed by atoms with Crippen LogP contribution in [0, 0.1) is 5.82 Å². The predicted octanol–water partition coefficient (Wildman–Crippen LogP) is 3.20. The fourth-order valence-corrected chi connectivity index (χ4v) is 2.33. The highest BCUT2D eigenvalue weighted by molar-refractivity contribution is 5.75. The number of aldehydes is 1. The zero-order valence-electron chi connectivity index (χ0n) is 12.7. The molecule has 0 aliphatic heterocycles. The van der Waals surface area contributed by atoms with Gasteiger partial charge >= 0.3 is 0 Å². The van der Waals surface area contributed by atoms with Crippen LogP contribution in [0.3, 0.4) is 0 Å². The minimum absolute atomic E-state index is 0.320. The summed E-state index contributed by atoms with van der Waals surface area (Å²) in [5.41, 5.74) is 0.961. The van der Waals surface area contributed by atoms with Gasteiger partial charge in [0.25, 0.3) is 0 Å². The Labute approximate surface area is 121 Å². The van der Waals surface area contributed by atoms with E-state index in [1.165, 1.54) is 6.07 Å². The quantitative estimate of drug-likeness (QED) is 0.649. The number of hydrogen-bond donors (Lipinski definition) is 0. The van der Waals surface area contributed by atoms with Gasteiger partial charge in [0.05, 0.1) is 5.69 Å². The molecule has 3 nitrogen and oxygen atoms in total. The van der Waals surface area contributed by atoms with Gasteiger partial charge in [-0.2, -0.15) is 0 Å². The van der Waals surface area contributed by atoms with Crippen molar-refractivity contribution >= 4 is 12.0 Å². The van der Waals surface area contributed by atoms with Crippen molar-refractivity contribution in [2.24, 2.45) is 0 Å². The largest absolute Gasteiger partial charge is 0.369 e. The van der Waals surface area contributed by atoms with Gasteiger partial charge in [0.2, 0.25) is 0 Å². The predicted molar refractivity (Wildman–Crippen MR) is 82.1 cm³/mol. The summed E-state index contributed by atoms with van der Waals surface area (Å²) in [5, 5.41) is 0. The van der Waals surface area contributed by atoms with E-state index in [1.54, 1.807) is 12.1 Å². The molecule has 0 saturated carbocycles. The van der Waals surface area contributed by atoms with Crippen LogP contribution in [0.4, 0.5) is 10.1 Å². The van der Waals surface area contributed by atoms with Crippen molar-refractivity contribution in [3.8, 4) is 0 Å². The number of carbonyl (C=O) groups is 1. The standard InChI is InChI=1S/C16H25FN2O/c1-4-18(5-2)10-7-11-19(6-3)16-9-8-14(13-20)12-15(16)17/h8-9,12-13H,4-7,10-11H2,1-3H3. The van der Waals surface area contributed by atoms with E-state index < -0.39 is 0 Å². The van der Waals surface area contributed by atoms with Crippen molar-refractivity contribution in [3.05, 3.63) is 29.6 Å². The molecule has 0 spiro atoms. The van der Waals surface area contributed by atoms with E-state index in [1.807, 2.05) is 11.8 Å². The van der Waals surface area contributed by atoms with Crippen molar-refractivity contribution in [1.29, 1.82) is 0 Å². The van der Waals surface area contributed by atoms with Gasteiger partial charge in [0.15, 0.2) is 0 Å². The molecule has 0 radical (unpaired) electrons. The van der Waals surface area contributed by atoms with Crippen molar-refractivity contribution < 1.29 is 9.18 Å². The lowest BCUT2D eigenvalue weighted by molar-refractivity contribution is 0.112. The molecule has 1 aromatic rings. The van der Waals surface area contributed by atoms with E-state index >= 15 is 0 Å². The summed E-state index contributed by atoms with van der Waals surface area (Å²) >= 11 is 0. The number of rotatable bonds is 9. The summed E-state index contributed by atoms with van der Waals surface area (Å²) < 4.78 is 14.0. The van der Waals surface area contributed by atoms with Crippen LogP contribution in [0.15, 0.2) is 18.2 Å². The lowest BCUT2D eigenvalue weighted by atomic mass is 10.2. The van der Waals surface area contributed by atoms with Crippen LogP contribution in [0.1, 0.15) is 37.6 Å². The number of halogens is 1. The Morgan fingerprint density at radius 3 is 2.30 bits per heavy atom. The van der Waals surface area contributed by atoms with Gasteiger partial charge in [-0.05, 0) is 51.2 Å². The first-order chi connectivity index (χ1) is 9.65. The second-order valence-corrected chi connectivity index (χ2v) is 4.79. The maximum absolute atomic E-state index is 14.0. The highest BCUT2D eigenvalue weighted by Gasteiger charge is 2.11. The molecule has 112 valence electrons. The van der Waals surface area contributed by atoms with Gasteiger partial charge in [0.1, 0.15) is 12.1 Å². The minimum atomic E-state index is -0.320. The molecular formula is C16H25FN2O. The third kappa shape index (κ3) is 4.60. The van der Waals surface area contributed by atoms with Crippen LogP contribution in [0.5, 0.6) is 0 Å². The molecule has 4 heteroatoms. The molecule has 0 atom stereocenters. The molecule has 0 saturated heterocycles. The van der Waals surface area contributed by atoms with Crippen LogP contribution in [-0.4, -0.2) is 43.9 Å². The van der Waals surface area contributed by atoms with Crippen LogP contribution in [0.25, 0.3) is 0 Å². The number of hydrogen-bond acceptors (Lipinski definition) is 3. The number of anilines is 1. The number of nitrogens with zero attached hydrogens (tertiary/aromatic N) is 2. The Morgan fingerprint density at radius 2 is 1.80 bits per heavy atom. The first-order valence-electron chi connectivity index (χ1n) is 7.38.